The molecule has 784 valence electrons. The molecule has 0 aromatic heterocycles. The first-order valence-corrected chi connectivity index (χ1v) is 46.1. The van der Waals surface area contributed by atoms with Crippen LogP contribution in [0.3, 0.4) is 0 Å². The fourth-order valence-electron chi connectivity index (χ4n) is 14.0. The molecule has 25 N–H and O–H groups in total. The van der Waals surface area contributed by atoms with Crippen LogP contribution in [0.5, 0.6) is 0 Å². The second-order valence-electron chi connectivity index (χ2n) is 40.4. The molecule has 47 heteroatoms. The summed E-state index contributed by atoms with van der Waals surface area (Å²) in [5, 5.41) is 268. The minimum Gasteiger partial charge on any atom is -0.497 e. The minimum absolute atomic E-state index is 0.0453. The van der Waals surface area contributed by atoms with Crippen LogP contribution < -0.4 is 0 Å². The summed E-state index contributed by atoms with van der Waals surface area (Å²) in [6, 6.07) is -3.87. The van der Waals surface area contributed by atoms with E-state index in [1.807, 2.05) is 0 Å². The summed E-state index contributed by atoms with van der Waals surface area (Å²) in [6.45, 7) is 36.4. The van der Waals surface area contributed by atoms with E-state index < -0.39 is 278 Å². The van der Waals surface area contributed by atoms with E-state index in [0.29, 0.717) is 19.3 Å². The topological polar surface area (TPSA) is 780 Å². The predicted octanol–water partition coefficient (Wildman–Crippen LogP) is 13.7. The quantitative estimate of drug-likeness (QED) is 0.0213. The van der Waals surface area contributed by atoms with Crippen molar-refractivity contribution in [3.05, 3.63) is 35.9 Å². The molecule has 0 aliphatic carbocycles. The Labute approximate surface area is 817 Å². The van der Waals surface area contributed by atoms with E-state index in [-0.39, 0.29) is 69.9 Å². The summed E-state index contributed by atoms with van der Waals surface area (Å²) < 4.78 is 0. The lowest BCUT2D eigenvalue weighted by Gasteiger charge is -2.31. The molecule has 1 aromatic rings. The number of hydrogen-bond acceptors (Lipinski definition) is 24. The van der Waals surface area contributed by atoms with Crippen LogP contribution in [0.2, 0.25) is 0 Å². The number of hydrogen-bond donors (Lipinski definition) is 25. The molecule has 1 aromatic carbocycles. The van der Waals surface area contributed by atoms with Crippen LogP contribution in [0.4, 0.5) is 0 Å². The van der Waals surface area contributed by atoms with Gasteiger partial charge in [-0.3, -0.25) is 25.8 Å². The van der Waals surface area contributed by atoms with E-state index in [4.69, 9.17) is 16.2 Å². The Balaban J connectivity index is 1.93. The molecular formula is C93H153N23O24. The average Bonchev–Trinajstić information content (AvgIpc) is 1.61. The van der Waals surface area contributed by atoms with Crippen molar-refractivity contribution in [2.24, 2.45) is 108 Å². The van der Waals surface area contributed by atoms with Crippen molar-refractivity contribution in [1.82, 2.24) is 9.80 Å². The van der Waals surface area contributed by atoms with Crippen molar-refractivity contribution in [3.63, 3.8) is 0 Å². The number of aliphatic imine (C=N–C) groups is 18. The smallest absolute Gasteiger partial charge is 0.250 e. The Morgan fingerprint density at radius 3 is 1.15 bits per heavy atom. The molecule has 2 heterocycles. The lowest BCUT2D eigenvalue weighted by atomic mass is 10.0. The second-order valence-corrected chi connectivity index (χ2v) is 40.4. The summed E-state index contributed by atoms with van der Waals surface area (Å²) in [7, 11) is 0. The van der Waals surface area contributed by atoms with Gasteiger partial charge in [0, 0.05) is 39.3 Å². The molecule has 2 aliphatic heterocycles. The summed E-state index contributed by atoms with van der Waals surface area (Å²) in [5.41, 5.74) is -15.0. The summed E-state index contributed by atoms with van der Waals surface area (Å²) >= 11 is 0. The highest BCUT2D eigenvalue weighted by Crippen LogP contribution is 2.32. The van der Waals surface area contributed by atoms with Crippen molar-refractivity contribution < 1.29 is 122 Å². The molecule has 0 spiro atoms. The average molecular weight is 1980 g/mol. The molecule has 2 amide bonds. The number of nitrogens with one attached hydrogen (secondary N) is 3. The molecular weight excluding hydrogens is 1820 g/mol. The maximum absolute atomic E-state index is 14.6. The van der Waals surface area contributed by atoms with Gasteiger partial charge in [-0.2, -0.15) is 0 Å². The molecule has 0 saturated carbocycles. The van der Waals surface area contributed by atoms with Gasteiger partial charge in [0.2, 0.25) is 100 Å². The lowest BCUT2D eigenvalue weighted by Crippen LogP contribution is -2.50. The second kappa shape index (κ2) is 50.7. The Morgan fingerprint density at radius 2 is 0.721 bits per heavy atom. The van der Waals surface area contributed by atoms with Gasteiger partial charge in [-0.05, 0) is 213 Å². The molecule has 140 heavy (non-hydrogen) atoms. The first-order chi connectivity index (χ1) is 64.1. The minimum atomic E-state index is -1.89. The Bertz CT molecular complexity index is 5060. The van der Waals surface area contributed by atoms with E-state index in [9.17, 15) is 122 Å². The Kier molecular flexibility index (Phi) is 43.9. The van der Waals surface area contributed by atoms with Crippen molar-refractivity contribution >= 4 is 136 Å². The normalized spacial score (nSPS) is 19.4. The van der Waals surface area contributed by atoms with Crippen molar-refractivity contribution in [2.75, 3.05) is 26.2 Å². The number of nitrogens with zero attached hydrogens (tertiary/aromatic N) is 20. The fraction of sp³-hybridized carbons (Fsp3) is 0.688. The van der Waals surface area contributed by atoms with Crippen LogP contribution >= 0.6 is 0 Å². The highest BCUT2D eigenvalue weighted by atomic mass is 16.3. The van der Waals surface area contributed by atoms with Gasteiger partial charge in [0.15, 0.2) is 23.6 Å². The van der Waals surface area contributed by atoms with E-state index in [1.165, 1.54) is 148 Å². The van der Waals surface area contributed by atoms with Crippen LogP contribution in [0, 0.1) is 34.0 Å². The fourth-order valence-corrected chi connectivity index (χ4v) is 14.0. The number of carbonyl (C=O) groups is 2. The molecule has 2 fully saturated rings. The molecule has 0 bridgehead atoms. The number of benzene rings is 1. The van der Waals surface area contributed by atoms with Gasteiger partial charge >= 0.3 is 0 Å². The first kappa shape index (κ1) is 121. The molecule has 47 nitrogen and oxygen atoms in total. The molecule has 10 atom stereocenters. The summed E-state index contributed by atoms with van der Waals surface area (Å²) in [5.74, 6) is -18.0. The van der Waals surface area contributed by atoms with Gasteiger partial charge in [0.25, 0.3) is 11.8 Å². The lowest BCUT2D eigenvalue weighted by molar-refractivity contribution is -0.136. The van der Waals surface area contributed by atoms with Gasteiger partial charge in [-0.15, -0.1) is 0 Å². The number of aliphatic hydroxyl groups excluding tert-OH is 22. The summed E-state index contributed by atoms with van der Waals surface area (Å²) in [6.07, 6.45) is -0.595. The standard InChI is InChI=1S/C93H153N23O24/c1-48(2)44-58(71(127)109-93(25,26)84(140)115-42-30-34-59(115)72(128)104-65(49(3)4)74(130)112-91(21,22)82(138)114-88(15,16)78(134)102-56(37-40-62(95)120)69(125)101-55(36-39-61(94)119)68(124)99-54(47-117)45-53-32-28-27-29-33-53)100-64(122)46-97-76(132)85(9,10)111-75(131)66(50(5)6)105-80(136)87(13,14)108-70(126)57(38-41-63(96)121)103-79(135)89(17,18)113-81(137)90(19,20)107-67(123)51(7)98-77(133)86(11,12)110-73(129)60-35-31-43-116(60)83(139)92(23,24)106-52(8)118/h27-29,32-33,48-51,54-60,65-66,117H,30-31,34-47H2,1-26H3,(H2,94,119)(H2,95,120)(H2,96,121)(H,97,132)(H,98,133)(H,99,124)(H,100,122)(H,101,125)(H,102,134)(H,103,135)(H,104,128)(H,105,136)(H,106,118)(H,107,123)(H,108,126)(H,109,127)(H,110,129)(H,111,131)(H,112,130)(H,113,137)(H,114,138). The van der Waals surface area contributed by atoms with Gasteiger partial charge in [0.05, 0.1) is 12.6 Å². The van der Waals surface area contributed by atoms with Crippen LogP contribution in [-0.4, -0.2) is 394 Å². The molecule has 3 rings (SSSR count). The SMILES string of the molecule is CC(O)=NC(C)(C)C(=O)N1CCCC1C(O)=NC(C)(C)C(O)=NC(C)C(O)=NC(C)(C)C(O)=NC(C)(C)C(O)=NC(CCC(=N)O)C(O)=NC(C)(C)C(O)=NC(C(O)=NC(C)(C)C(O)=NCC(O)=NC(CC(C)C)C(O)=NC(C)(C)C(=O)N1CCCC1C(O)=NC(C(O)=NC(C)(C)C(O)=NC(C)(C)C(O)=NC(CCC(=N)O)C(O)=NC(CCC(=N)O)C(O)=NC(CO)Cc1ccccc1)C(C)C)C(C)C. The monoisotopic (exact) mass is 1980 g/mol. The number of likely N-dealkylation sites (tertiary alicyclic amines) is 2. The highest BCUT2D eigenvalue weighted by Gasteiger charge is 2.46. The van der Waals surface area contributed by atoms with Crippen LogP contribution in [-0.2, 0) is 16.0 Å². The van der Waals surface area contributed by atoms with Crippen LogP contribution in [0.25, 0.3) is 0 Å². The third-order valence-electron chi connectivity index (χ3n) is 22.3. The molecule has 2 aliphatic rings. The zero-order valence-electron chi connectivity index (χ0n) is 85.3. The number of carbonyl (C=O) groups excluding carboxylic acids is 2. The molecule has 2 saturated heterocycles. The van der Waals surface area contributed by atoms with Crippen LogP contribution in [0.15, 0.2) is 120 Å². The Morgan fingerprint density at radius 1 is 0.371 bits per heavy atom. The van der Waals surface area contributed by atoms with Crippen LogP contribution in [0.1, 0.15) is 256 Å². The van der Waals surface area contributed by atoms with E-state index in [0.717, 1.165) is 5.56 Å². The third kappa shape index (κ3) is 37.0. The largest absolute Gasteiger partial charge is 0.497 e. The van der Waals surface area contributed by atoms with Crippen molar-refractivity contribution in [1.29, 1.82) is 16.2 Å². The zero-order valence-corrected chi connectivity index (χ0v) is 85.3. The maximum atomic E-state index is 14.6. The number of amides is 2. The van der Waals surface area contributed by atoms with E-state index in [1.54, 1.807) is 71.9 Å². The maximum Gasteiger partial charge on any atom is 0.250 e. The molecule has 0 radical (unpaired) electrons. The third-order valence-corrected chi connectivity index (χ3v) is 22.3. The van der Waals surface area contributed by atoms with Crippen molar-refractivity contribution in [2.45, 2.75) is 367 Å². The van der Waals surface area contributed by atoms with Gasteiger partial charge in [0.1, 0.15) is 111 Å². The van der Waals surface area contributed by atoms with Gasteiger partial charge in [-0.25, -0.2) is 89.9 Å². The molecule has 10 unspecified atom stereocenters. The highest BCUT2D eigenvalue weighted by molar-refractivity contribution is 6.01. The van der Waals surface area contributed by atoms with E-state index >= 15 is 0 Å². The van der Waals surface area contributed by atoms with Gasteiger partial charge in [-0.1, -0.05) is 71.9 Å². The number of aliphatic hydroxyl groups is 22. The van der Waals surface area contributed by atoms with E-state index in [2.05, 4.69) is 89.9 Å². The first-order valence-electron chi connectivity index (χ1n) is 46.1. The van der Waals surface area contributed by atoms with Crippen molar-refractivity contribution in [3.8, 4) is 0 Å². The van der Waals surface area contributed by atoms with Gasteiger partial charge < -0.3 is 122 Å². The number of rotatable bonds is 53. The zero-order chi connectivity index (χ0) is 108. The predicted molar refractivity (Wildman–Crippen MR) is 549 cm³/mol. The Hall–Kier alpha value is -13.0. The summed E-state index contributed by atoms with van der Waals surface area (Å²) in [4.78, 5) is 107.